The van der Waals surface area contributed by atoms with Gasteiger partial charge in [0.1, 0.15) is 0 Å². The highest BCUT2D eigenvalue weighted by molar-refractivity contribution is 6.17. The van der Waals surface area contributed by atoms with E-state index in [2.05, 4.69) is 0 Å². The van der Waals surface area contributed by atoms with Gasteiger partial charge in [-0.2, -0.15) is 0 Å². The van der Waals surface area contributed by atoms with Gasteiger partial charge in [0.25, 0.3) is 0 Å². The number of carbonyl (C=O) groups is 1. The Morgan fingerprint density at radius 2 is 2.23 bits per heavy atom. The molecule has 0 aromatic carbocycles. The molecule has 0 aromatic heterocycles. The molecule has 1 amide bonds. The van der Waals surface area contributed by atoms with Crippen LogP contribution in [0.5, 0.6) is 0 Å². The summed E-state index contributed by atoms with van der Waals surface area (Å²) in [7, 11) is 0. The lowest BCUT2D eigenvalue weighted by atomic mass is 10.2. The Bertz CT molecular complexity index is 158. The van der Waals surface area contributed by atoms with E-state index in [4.69, 9.17) is 16.4 Å². The van der Waals surface area contributed by atoms with E-state index >= 15 is 0 Å². The fourth-order valence-corrected chi connectivity index (χ4v) is 1.48. The molecule has 1 fully saturated rings. The van der Waals surface area contributed by atoms with E-state index in [1.54, 1.807) is 0 Å². The number of rotatable bonds is 4. The summed E-state index contributed by atoms with van der Waals surface area (Å²) in [4.78, 5) is 16.7. The zero-order chi connectivity index (χ0) is 9.52. The highest BCUT2D eigenvalue weighted by Gasteiger charge is 2.16. The van der Waals surface area contributed by atoms with Gasteiger partial charge in [0.05, 0.1) is 6.61 Å². The molecule has 0 spiro atoms. The molecule has 0 N–H and O–H groups in total. The van der Waals surface area contributed by atoms with Crippen LogP contribution in [0.15, 0.2) is 0 Å². The Kier molecular flexibility index (Phi) is 5.16. The molecule has 0 radical (unpaired) electrons. The first-order chi connectivity index (χ1) is 6.34. The van der Waals surface area contributed by atoms with E-state index < -0.39 is 0 Å². The van der Waals surface area contributed by atoms with Gasteiger partial charge in [0.2, 0.25) is 5.91 Å². The quantitative estimate of drug-likeness (QED) is 0.519. The van der Waals surface area contributed by atoms with Gasteiger partial charge < -0.3 is 0 Å². The zero-order valence-electron chi connectivity index (χ0n) is 7.80. The molecule has 76 valence electrons. The lowest BCUT2D eigenvalue weighted by Crippen LogP contribution is -2.35. The molecule has 1 saturated heterocycles. The monoisotopic (exact) mass is 205 g/mol. The first-order valence-electron chi connectivity index (χ1n) is 4.84. The number of hydrogen-bond acceptors (Lipinski definition) is 2. The minimum absolute atomic E-state index is 0.102. The van der Waals surface area contributed by atoms with Crippen LogP contribution in [0.2, 0.25) is 0 Å². The standard InChI is InChI=1S/C9H16ClNO2/c10-6-2-1-5-9(12)11-7-3-4-8-13-11/h1-8H2. The first kappa shape index (κ1) is 10.8. The van der Waals surface area contributed by atoms with E-state index in [9.17, 15) is 4.79 Å². The van der Waals surface area contributed by atoms with E-state index in [0.29, 0.717) is 18.9 Å². The van der Waals surface area contributed by atoms with Gasteiger partial charge in [0, 0.05) is 18.8 Å². The van der Waals surface area contributed by atoms with Crippen LogP contribution in [0.4, 0.5) is 0 Å². The summed E-state index contributed by atoms with van der Waals surface area (Å²) in [6.45, 7) is 1.43. The molecule has 0 saturated carbocycles. The molecular formula is C9H16ClNO2. The molecule has 1 rings (SSSR count). The Morgan fingerprint density at radius 1 is 1.38 bits per heavy atom. The van der Waals surface area contributed by atoms with Crippen molar-refractivity contribution in [1.29, 1.82) is 0 Å². The Morgan fingerprint density at radius 3 is 2.85 bits per heavy atom. The fourth-order valence-electron chi connectivity index (χ4n) is 1.29. The highest BCUT2D eigenvalue weighted by atomic mass is 35.5. The van der Waals surface area contributed by atoms with Gasteiger partial charge >= 0.3 is 0 Å². The van der Waals surface area contributed by atoms with Crippen LogP contribution in [-0.4, -0.2) is 30.0 Å². The fraction of sp³-hybridized carbons (Fsp3) is 0.889. The molecule has 0 aromatic rings. The van der Waals surface area contributed by atoms with Crippen LogP contribution in [0.3, 0.4) is 0 Å². The predicted octanol–water partition coefficient (Wildman–Crippen LogP) is 1.95. The summed E-state index contributed by atoms with van der Waals surface area (Å²) in [6.07, 6.45) is 4.45. The molecule has 13 heavy (non-hydrogen) atoms. The lowest BCUT2D eigenvalue weighted by molar-refractivity contribution is -0.197. The number of carbonyl (C=O) groups excluding carboxylic acids is 1. The van der Waals surface area contributed by atoms with Gasteiger partial charge in [-0.05, 0) is 25.7 Å². The van der Waals surface area contributed by atoms with Crippen LogP contribution < -0.4 is 0 Å². The second-order valence-electron chi connectivity index (χ2n) is 3.18. The van der Waals surface area contributed by atoms with Crippen molar-refractivity contribution in [3.63, 3.8) is 0 Å². The molecule has 1 aliphatic rings. The second-order valence-corrected chi connectivity index (χ2v) is 3.56. The van der Waals surface area contributed by atoms with Crippen LogP contribution in [0.25, 0.3) is 0 Å². The summed E-state index contributed by atoms with van der Waals surface area (Å²) in [5.74, 6) is 0.735. The predicted molar refractivity (Wildman–Crippen MR) is 51.5 cm³/mol. The van der Waals surface area contributed by atoms with E-state index in [1.165, 1.54) is 5.06 Å². The van der Waals surface area contributed by atoms with E-state index in [1.807, 2.05) is 0 Å². The van der Waals surface area contributed by atoms with Crippen molar-refractivity contribution in [3.8, 4) is 0 Å². The topological polar surface area (TPSA) is 29.5 Å². The van der Waals surface area contributed by atoms with Crippen molar-refractivity contribution in [1.82, 2.24) is 5.06 Å². The van der Waals surface area contributed by atoms with E-state index in [-0.39, 0.29) is 5.91 Å². The molecule has 0 bridgehead atoms. The maximum Gasteiger partial charge on any atom is 0.246 e. The molecule has 1 heterocycles. The third-order valence-corrected chi connectivity index (χ3v) is 2.32. The molecule has 1 aliphatic heterocycles. The maximum atomic E-state index is 11.4. The van der Waals surface area contributed by atoms with Crippen molar-refractivity contribution in [2.24, 2.45) is 0 Å². The second kappa shape index (κ2) is 6.22. The molecule has 3 nitrogen and oxygen atoms in total. The average Bonchev–Trinajstić information content (AvgIpc) is 2.19. The lowest BCUT2D eigenvalue weighted by Gasteiger charge is -2.25. The van der Waals surface area contributed by atoms with E-state index in [0.717, 1.165) is 32.2 Å². The average molecular weight is 206 g/mol. The molecule has 0 aliphatic carbocycles. The van der Waals surface area contributed by atoms with Gasteiger partial charge in [-0.25, -0.2) is 5.06 Å². The third kappa shape index (κ3) is 3.96. The van der Waals surface area contributed by atoms with Crippen LogP contribution >= 0.6 is 11.6 Å². The molecular weight excluding hydrogens is 190 g/mol. The molecule has 0 atom stereocenters. The Hall–Kier alpha value is -0.280. The number of hydroxylamine groups is 2. The number of amides is 1. The van der Waals surface area contributed by atoms with Crippen molar-refractivity contribution in [2.75, 3.05) is 19.0 Å². The number of halogens is 1. The Balaban J connectivity index is 2.13. The largest absolute Gasteiger partial charge is 0.273 e. The van der Waals surface area contributed by atoms with Crippen LogP contribution in [0.1, 0.15) is 32.1 Å². The number of nitrogens with zero attached hydrogens (tertiary/aromatic N) is 1. The minimum atomic E-state index is 0.102. The zero-order valence-corrected chi connectivity index (χ0v) is 8.55. The number of hydrogen-bond donors (Lipinski definition) is 0. The molecule has 0 unspecified atom stereocenters. The minimum Gasteiger partial charge on any atom is -0.273 e. The SMILES string of the molecule is O=C(CCCCCl)N1CCCCO1. The van der Waals surface area contributed by atoms with Crippen molar-refractivity contribution < 1.29 is 9.63 Å². The van der Waals surface area contributed by atoms with Gasteiger partial charge in [0.15, 0.2) is 0 Å². The van der Waals surface area contributed by atoms with Gasteiger partial charge in [-0.1, -0.05) is 0 Å². The highest BCUT2D eigenvalue weighted by Crippen LogP contribution is 2.09. The molecule has 4 heteroatoms. The summed E-state index contributed by atoms with van der Waals surface area (Å²) in [5, 5.41) is 1.50. The van der Waals surface area contributed by atoms with Crippen molar-refractivity contribution in [3.05, 3.63) is 0 Å². The Labute approximate surface area is 83.9 Å². The number of unbranched alkanes of at least 4 members (excludes halogenated alkanes) is 1. The van der Waals surface area contributed by atoms with Gasteiger partial charge in [-0.15, -0.1) is 11.6 Å². The summed E-state index contributed by atoms with van der Waals surface area (Å²) in [6, 6.07) is 0. The summed E-state index contributed by atoms with van der Waals surface area (Å²) >= 11 is 5.51. The van der Waals surface area contributed by atoms with Gasteiger partial charge in [-0.3, -0.25) is 9.63 Å². The number of alkyl halides is 1. The first-order valence-corrected chi connectivity index (χ1v) is 5.37. The summed E-state index contributed by atoms with van der Waals surface area (Å²) < 4.78 is 0. The third-order valence-electron chi connectivity index (χ3n) is 2.06. The van der Waals surface area contributed by atoms with Crippen molar-refractivity contribution >= 4 is 17.5 Å². The van der Waals surface area contributed by atoms with Crippen LogP contribution in [-0.2, 0) is 9.63 Å². The van der Waals surface area contributed by atoms with Crippen molar-refractivity contribution in [2.45, 2.75) is 32.1 Å². The smallest absolute Gasteiger partial charge is 0.246 e. The summed E-state index contributed by atoms with van der Waals surface area (Å²) in [5.41, 5.74) is 0. The van der Waals surface area contributed by atoms with Crippen LogP contribution in [0, 0.1) is 0 Å². The maximum absolute atomic E-state index is 11.4. The normalized spacial score (nSPS) is 17.5.